The van der Waals surface area contributed by atoms with E-state index in [-0.39, 0.29) is 34.5 Å². The van der Waals surface area contributed by atoms with Crippen LogP contribution in [0.5, 0.6) is 0 Å². The molecule has 0 aromatic heterocycles. The number of carbonyl (C=O) groups is 2. The van der Waals surface area contributed by atoms with E-state index in [2.05, 4.69) is 48.1 Å². The topological polar surface area (TPSA) is 94.8 Å². The van der Waals surface area contributed by atoms with Crippen LogP contribution in [-0.4, -0.2) is 33.4 Å². The molecule has 5 saturated carbocycles. The largest absolute Gasteiger partial charge is 0.481 e. The number of allylic oxidation sites excluding steroid dienone is 1. The first kappa shape index (κ1) is 25.3. The lowest BCUT2D eigenvalue weighted by molar-refractivity contribution is -0.228. The summed E-state index contributed by atoms with van der Waals surface area (Å²) in [7, 11) is 0. The molecule has 5 fully saturated rings. The van der Waals surface area contributed by atoms with Crippen LogP contribution >= 0.6 is 0 Å². The van der Waals surface area contributed by atoms with E-state index in [1.165, 1.54) is 0 Å². The van der Waals surface area contributed by atoms with Gasteiger partial charge in [0.15, 0.2) is 0 Å². The normalized spacial score (nSPS) is 54.2. The Bertz CT molecular complexity index is 970. The molecule has 0 radical (unpaired) electrons. The number of hydrogen-bond donors (Lipinski definition) is 3. The minimum absolute atomic E-state index is 0.0493. The van der Waals surface area contributed by atoms with Crippen molar-refractivity contribution in [1.82, 2.24) is 0 Å². The van der Waals surface area contributed by atoms with Crippen LogP contribution in [-0.2, 0) is 9.59 Å². The molecule has 0 saturated heterocycles. The summed E-state index contributed by atoms with van der Waals surface area (Å²) in [5, 5.41) is 32.2. The molecule has 5 aliphatic carbocycles. The molecule has 11 atom stereocenters. The van der Waals surface area contributed by atoms with E-state index in [0.29, 0.717) is 12.3 Å². The third kappa shape index (κ3) is 2.75. The van der Waals surface area contributed by atoms with Crippen molar-refractivity contribution in [3.8, 4) is 0 Å². The Morgan fingerprint density at radius 3 is 2.06 bits per heavy atom. The molecular formula is C30H46O5. The van der Waals surface area contributed by atoms with Gasteiger partial charge in [0.05, 0.1) is 17.4 Å². The molecule has 5 aliphatic rings. The summed E-state index contributed by atoms with van der Waals surface area (Å²) in [5.41, 5.74) is -0.558. The van der Waals surface area contributed by atoms with Gasteiger partial charge in [-0.2, -0.15) is 0 Å². The lowest BCUT2D eigenvalue weighted by Crippen LogP contribution is -2.65. The van der Waals surface area contributed by atoms with E-state index in [1.54, 1.807) is 0 Å². The standard InChI is InChI=1S/C30H46O5/c1-16(2)17-10-13-30(25(34)35)15-14-27(5)18(21(17)30)8-9-20-28(27,6)12-11-19-26(3,4)23(31)22(24(32)33)29(19,20)7/h17-23,31H,1,8-15H2,2-7H3,(H,32,33)(H,34,35)/t17-,18+,19+,20-,21-,22+,23-,27+,28+,29-,30-/m0/s1. The number of fused-ring (bicyclic) bond motifs is 7. The molecule has 5 nitrogen and oxygen atoms in total. The minimum atomic E-state index is -0.862. The second-order valence-corrected chi connectivity index (χ2v) is 14.6. The number of hydrogen-bond acceptors (Lipinski definition) is 3. The highest BCUT2D eigenvalue weighted by atomic mass is 16.4. The Hall–Kier alpha value is -1.36. The Kier molecular flexibility index (Phi) is 5.32. The monoisotopic (exact) mass is 486 g/mol. The van der Waals surface area contributed by atoms with Crippen LogP contribution in [0, 0.1) is 62.6 Å². The van der Waals surface area contributed by atoms with Crippen LogP contribution < -0.4 is 0 Å². The molecule has 0 amide bonds. The van der Waals surface area contributed by atoms with Gasteiger partial charge in [-0.15, -0.1) is 0 Å². The van der Waals surface area contributed by atoms with Crippen LogP contribution in [0.1, 0.15) is 92.9 Å². The summed E-state index contributed by atoms with van der Waals surface area (Å²) < 4.78 is 0. The predicted molar refractivity (Wildman–Crippen MR) is 135 cm³/mol. The van der Waals surface area contributed by atoms with Gasteiger partial charge in [0, 0.05) is 0 Å². The summed E-state index contributed by atoms with van der Waals surface area (Å²) in [6.07, 6.45) is 6.24. The summed E-state index contributed by atoms with van der Waals surface area (Å²) in [5.74, 6) is -1.21. The van der Waals surface area contributed by atoms with Crippen LogP contribution in [0.25, 0.3) is 0 Å². The van der Waals surface area contributed by atoms with E-state index >= 15 is 0 Å². The van der Waals surface area contributed by atoms with Gasteiger partial charge in [0.25, 0.3) is 0 Å². The highest BCUT2D eigenvalue weighted by molar-refractivity contribution is 5.76. The van der Waals surface area contributed by atoms with Crippen molar-refractivity contribution < 1.29 is 24.9 Å². The molecule has 0 heterocycles. The van der Waals surface area contributed by atoms with E-state index in [9.17, 15) is 24.9 Å². The number of aliphatic hydroxyl groups excluding tert-OH is 1. The summed E-state index contributed by atoms with van der Waals surface area (Å²) in [6, 6.07) is 0. The van der Waals surface area contributed by atoms with Gasteiger partial charge in [-0.1, -0.05) is 46.8 Å². The summed E-state index contributed by atoms with van der Waals surface area (Å²) >= 11 is 0. The number of aliphatic carboxylic acids is 2. The molecule has 196 valence electrons. The van der Waals surface area contributed by atoms with Crippen LogP contribution in [0.15, 0.2) is 12.2 Å². The summed E-state index contributed by atoms with van der Waals surface area (Å²) in [4.78, 5) is 25.4. The molecule has 5 rings (SSSR count). The van der Waals surface area contributed by atoms with Crippen molar-refractivity contribution in [3.63, 3.8) is 0 Å². The first-order chi connectivity index (χ1) is 16.1. The zero-order valence-corrected chi connectivity index (χ0v) is 22.6. The second-order valence-electron chi connectivity index (χ2n) is 14.6. The van der Waals surface area contributed by atoms with Crippen LogP contribution in [0.4, 0.5) is 0 Å². The van der Waals surface area contributed by atoms with E-state index in [0.717, 1.165) is 50.5 Å². The second kappa shape index (κ2) is 7.36. The first-order valence-corrected chi connectivity index (χ1v) is 13.9. The maximum absolute atomic E-state index is 12.8. The molecule has 0 bridgehead atoms. The van der Waals surface area contributed by atoms with E-state index < -0.39 is 40.2 Å². The Morgan fingerprint density at radius 1 is 0.829 bits per heavy atom. The lowest BCUT2D eigenvalue weighted by Gasteiger charge is -2.70. The van der Waals surface area contributed by atoms with Gasteiger partial charge in [-0.05, 0) is 110 Å². The third-order valence-corrected chi connectivity index (χ3v) is 13.6. The van der Waals surface area contributed by atoms with Crippen molar-refractivity contribution in [3.05, 3.63) is 12.2 Å². The van der Waals surface area contributed by atoms with Crippen molar-refractivity contribution in [2.75, 3.05) is 0 Å². The molecule has 0 spiro atoms. The average Bonchev–Trinajstić information content (AvgIpc) is 3.21. The van der Waals surface area contributed by atoms with Gasteiger partial charge in [-0.25, -0.2) is 0 Å². The Morgan fingerprint density at radius 2 is 1.49 bits per heavy atom. The molecule has 3 N–H and O–H groups in total. The molecule has 0 aromatic carbocycles. The van der Waals surface area contributed by atoms with Crippen LogP contribution in [0.2, 0.25) is 0 Å². The molecule has 35 heavy (non-hydrogen) atoms. The van der Waals surface area contributed by atoms with Gasteiger partial charge in [-0.3, -0.25) is 9.59 Å². The number of carboxylic acids is 2. The average molecular weight is 487 g/mol. The fourth-order valence-corrected chi connectivity index (χ4v) is 11.8. The van der Waals surface area contributed by atoms with Gasteiger partial charge < -0.3 is 15.3 Å². The number of aliphatic hydroxyl groups is 1. The molecular weight excluding hydrogens is 440 g/mol. The zero-order valence-electron chi connectivity index (χ0n) is 22.6. The molecule has 0 aliphatic heterocycles. The SMILES string of the molecule is C=C(C)[C@@H]1CC[C@]2(C(=O)O)CC[C@]3(C)[C@H](CC[C@@H]4[C@]5(C)[C@H](CC[C@]43C)C(C)(C)[C@@H](O)[C@@H]5C(=O)O)[C@H]12. The van der Waals surface area contributed by atoms with Crippen molar-refractivity contribution >= 4 is 11.9 Å². The maximum atomic E-state index is 12.8. The minimum Gasteiger partial charge on any atom is -0.481 e. The highest BCUT2D eigenvalue weighted by Gasteiger charge is 2.75. The van der Waals surface area contributed by atoms with Gasteiger partial charge >= 0.3 is 11.9 Å². The van der Waals surface area contributed by atoms with Crippen molar-refractivity contribution in [2.45, 2.75) is 99.0 Å². The van der Waals surface area contributed by atoms with Gasteiger partial charge in [0.1, 0.15) is 0 Å². The maximum Gasteiger partial charge on any atom is 0.309 e. The quantitative estimate of drug-likeness (QED) is 0.425. The van der Waals surface area contributed by atoms with E-state index in [1.807, 2.05) is 0 Å². The highest BCUT2D eigenvalue weighted by Crippen LogP contribution is 2.79. The van der Waals surface area contributed by atoms with Crippen molar-refractivity contribution in [1.29, 1.82) is 0 Å². The van der Waals surface area contributed by atoms with Crippen molar-refractivity contribution in [2.24, 2.45) is 62.6 Å². The smallest absolute Gasteiger partial charge is 0.309 e. The predicted octanol–water partition coefficient (Wildman–Crippen LogP) is 6.01. The molecule has 0 unspecified atom stereocenters. The van der Waals surface area contributed by atoms with Gasteiger partial charge in [0.2, 0.25) is 0 Å². The molecule has 5 heteroatoms. The summed E-state index contributed by atoms with van der Waals surface area (Å²) in [6.45, 7) is 17.5. The molecule has 0 aromatic rings. The fraction of sp³-hybridized carbons (Fsp3) is 0.867. The van der Waals surface area contributed by atoms with E-state index in [4.69, 9.17) is 0 Å². The van der Waals surface area contributed by atoms with Crippen LogP contribution in [0.3, 0.4) is 0 Å². The zero-order chi connectivity index (χ0) is 25.9. The fourth-order valence-electron chi connectivity index (χ4n) is 11.8. The Balaban J connectivity index is 1.62. The first-order valence-electron chi connectivity index (χ1n) is 13.9. The Labute approximate surface area is 210 Å². The third-order valence-electron chi connectivity index (χ3n) is 13.6. The lowest BCUT2D eigenvalue weighted by atomic mass is 9.34. The number of rotatable bonds is 3. The number of carboxylic acid groups (broad SMARTS) is 2.